The molecule has 2 nitrogen and oxygen atoms in total. The predicted molar refractivity (Wildman–Crippen MR) is 89.3 cm³/mol. The van der Waals surface area contributed by atoms with E-state index in [0.29, 0.717) is 12.0 Å². The van der Waals surface area contributed by atoms with Crippen molar-refractivity contribution >= 4 is 0 Å². The number of hydrogen-bond acceptors (Lipinski definition) is 2. The van der Waals surface area contributed by atoms with Gasteiger partial charge in [-0.2, -0.15) is 0 Å². The molecule has 1 heterocycles. The zero-order valence-corrected chi connectivity index (χ0v) is 13.3. The van der Waals surface area contributed by atoms with Crippen LogP contribution < -0.4 is 5.32 Å². The summed E-state index contributed by atoms with van der Waals surface area (Å²) in [6.07, 6.45) is 3.93. The zero-order chi connectivity index (χ0) is 15.1. The zero-order valence-electron chi connectivity index (χ0n) is 13.3. The number of hydrogen-bond donors (Lipinski definition) is 1. The van der Waals surface area contributed by atoms with Crippen LogP contribution in [0.4, 0.5) is 0 Å². The Balaban J connectivity index is 2.17. The molecule has 0 fully saturated rings. The maximum atomic E-state index is 4.46. The highest BCUT2D eigenvalue weighted by Crippen LogP contribution is 2.20. The van der Waals surface area contributed by atoms with E-state index in [0.717, 1.165) is 25.1 Å². The Morgan fingerprint density at radius 3 is 2.57 bits per heavy atom. The van der Waals surface area contributed by atoms with Gasteiger partial charge in [-0.3, -0.25) is 4.98 Å². The van der Waals surface area contributed by atoms with E-state index in [1.54, 1.807) is 0 Å². The second-order valence-electron chi connectivity index (χ2n) is 5.98. The molecule has 21 heavy (non-hydrogen) atoms. The molecule has 2 aromatic rings. The molecular weight excluding hydrogens is 256 g/mol. The van der Waals surface area contributed by atoms with Crippen LogP contribution in [0.3, 0.4) is 0 Å². The van der Waals surface area contributed by atoms with Gasteiger partial charge in [0.2, 0.25) is 0 Å². The molecule has 0 aliphatic rings. The third-order valence-electron chi connectivity index (χ3n) is 3.59. The van der Waals surface area contributed by atoms with Crippen LogP contribution >= 0.6 is 0 Å². The van der Waals surface area contributed by atoms with Crippen molar-refractivity contribution in [3.05, 3.63) is 65.5 Å². The molecule has 1 aromatic heterocycles. The van der Waals surface area contributed by atoms with Crippen molar-refractivity contribution < 1.29 is 0 Å². The van der Waals surface area contributed by atoms with Gasteiger partial charge < -0.3 is 5.32 Å². The lowest BCUT2D eigenvalue weighted by Crippen LogP contribution is -2.23. The summed E-state index contributed by atoms with van der Waals surface area (Å²) in [5, 5.41) is 3.59. The van der Waals surface area contributed by atoms with Gasteiger partial charge in [-0.05, 0) is 42.1 Å². The van der Waals surface area contributed by atoms with E-state index in [4.69, 9.17) is 0 Å². The van der Waals surface area contributed by atoms with Gasteiger partial charge in [-0.15, -0.1) is 0 Å². The maximum Gasteiger partial charge on any atom is 0.0422 e. The van der Waals surface area contributed by atoms with Crippen molar-refractivity contribution in [1.82, 2.24) is 10.3 Å². The van der Waals surface area contributed by atoms with Crippen LogP contribution in [0.1, 0.15) is 43.6 Å². The van der Waals surface area contributed by atoms with Gasteiger partial charge >= 0.3 is 0 Å². The molecule has 2 heteroatoms. The topological polar surface area (TPSA) is 24.9 Å². The quantitative estimate of drug-likeness (QED) is 0.824. The van der Waals surface area contributed by atoms with Crippen molar-refractivity contribution in [2.24, 2.45) is 5.92 Å². The number of pyridine rings is 1. The van der Waals surface area contributed by atoms with Crippen LogP contribution in [0.2, 0.25) is 0 Å². The summed E-state index contributed by atoms with van der Waals surface area (Å²) in [7, 11) is 0. The smallest absolute Gasteiger partial charge is 0.0422 e. The molecule has 2 rings (SSSR count). The van der Waals surface area contributed by atoms with Crippen molar-refractivity contribution in [3.63, 3.8) is 0 Å². The fourth-order valence-corrected chi connectivity index (χ4v) is 2.69. The van der Waals surface area contributed by atoms with E-state index in [2.05, 4.69) is 67.5 Å². The molecule has 0 amide bonds. The summed E-state index contributed by atoms with van der Waals surface area (Å²) in [4.78, 5) is 4.46. The van der Waals surface area contributed by atoms with Crippen LogP contribution in [-0.2, 0) is 12.8 Å². The van der Waals surface area contributed by atoms with E-state index in [-0.39, 0.29) is 0 Å². The summed E-state index contributed by atoms with van der Waals surface area (Å²) < 4.78 is 0. The van der Waals surface area contributed by atoms with Crippen LogP contribution in [0, 0.1) is 5.92 Å². The lowest BCUT2D eigenvalue weighted by Gasteiger charge is -2.19. The van der Waals surface area contributed by atoms with Gasteiger partial charge in [0, 0.05) is 24.4 Å². The predicted octanol–water partition coefficient (Wildman–Crippen LogP) is 4.17. The second kappa shape index (κ2) is 7.94. The minimum atomic E-state index is 0.331. The summed E-state index contributed by atoms with van der Waals surface area (Å²) >= 11 is 0. The first-order valence-electron chi connectivity index (χ1n) is 7.91. The number of likely N-dealkylation sites (N-methyl/N-ethyl adjacent to an activating group) is 1. The lowest BCUT2D eigenvalue weighted by atomic mass is 9.96. The van der Waals surface area contributed by atoms with E-state index >= 15 is 0 Å². The molecule has 0 saturated heterocycles. The van der Waals surface area contributed by atoms with Crippen molar-refractivity contribution in [2.45, 2.75) is 39.7 Å². The van der Waals surface area contributed by atoms with Gasteiger partial charge in [0.15, 0.2) is 0 Å². The molecular formula is C19H26N2. The van der Waals surface area contributed by atoms with Gasteiger partial charge in [-0.25, -0.2) is 0 Å². The first-order chi connectivity index (χ1) is 10.2. The Morgan fingerprint density at radius 1 is 1.05 bits per heavy atom. The van der Waals surface area contributed by atoms with Crippen molar-refractivity contribution in [3.8, 4) is 0 Å². The van der Waals surface area contributed by atoms with Gasteiger partial charge in [-0.1, -0.05) is 51.1 Å². The van der Waals surface area contributed by atoms with E-state index in [1.807, 2.05) is 12.3 Å². The largest absolute Gasteiger partial charge is 0.310 e. The van der Waals surface area contributed by atoms with Crippen LogP contribution in [-0.4, -0.2) is 11.5 Å². The van der Waals surface area contributed by atoms with E-state index in [9.17, 15) is 0 Å². The lowest BCUT2D eigenvalue weighted by molar-refractivity contribution is 0.542. The fraction of sp³-hybridized carbons (Fsp3) is 0.421. The average Bonchev–Trinajstić information content (AvgIpc) is 2.47. The minimum Gasteiger partial charge on any atom is -0.310 e. The molecule has 1 unspecified atom stereocenters. The summed E-state index contributed by atoms with van der Waals surface area (Å²) in [5.41, 5.74) is 3.92. The summed E-state index contributed by atoms with van der Waals surface area (Å²) in [5.74, 6) is 0.689. The molecule has 1 atom stereocenters. The molecule has 0 aliphatic heterocycles. The van der Waals surface area contributed by atoms with Gasteiger partial charge in [0.05, 0.1) is 0 Å². The normalized spacial score (nSPS) is 12.6. The number of aromatic nitrogens is 1. The van der Waals surface area contributed by atoms with Gasteiger partial charge in [0.1, 0.15) is 0 Å². The highest BCUT2D eigenvalue weighted by Gasteiger charge is 2.12. The van der Waals surface area contributed by atoms with Crippen LogP contribution in [0.5, 0.6) is 0 Å². The molecule has 1 aromatic carbocycles. The Kier molecular flexibility index (Phi) is 5.94. The van der Waals surface area contributed by atoms with Crippen LogP contribution in [0.25, 0.3) is 0 Å². The third kappa shape index (κ3) is 4.98. The number of nitrogens with one attached hydrogen (secondary N) is 1. The minimum absolute atomic E-state index is 0.331. The monoisotopic (exact) mass is 282 g/mol. The van der Waals surface area contributed by atoms with Gasteiger partial charge in [0.25, 0.3) is 0 Å². The Labute approximate surface area is 128 Å². The molecule has 0 radical (unpaired) electrons. The molecule has 0 bridgehead atoms. The maximum absolute atomic E-state index is 4.46. The molecule has 0 spiro atoms. The summed E-state index contributed by atoms with van der Waals surface area (Å²) in [6.45, 7) is 7.65. The Hall–Kier alpha value is -1.67. The molecule has 0 saturated carbocycles. The number of rotatable bonds is 7. The highest BCUT2D eigenvalue weighted by atomic mass is 14.9. The average molecular weight is 282 g/mol. The second-order valence-corrected chi connectivity index (χ2v) is 5.98. The Bertz CT molecular complexity index is 534. The van der Waals surface area contributed by atoms with Crippen molar-refractivity contribution in [1.29, 1.82) is 0 Å². The Morgan fingerprint density at radius 2 is 1.90 bits per heavy atom. The fourth-order valence-electron chi connectivity index (χ4n) is 2.69. The number of nitrogens with zero attached hydrogens (tertiary/aromatic N) is 1. The first-order valence-corrected chi connectivity index (χ1v) is 7.91. The molecule has 112 valence electrons. The number of benzene rings is 1. The standard InChI is InChI=1S/C19H26N2/c1-4-20-19(14-18-10-5-6-11-21-18)17-9-7-8-16(13-17)12-15(2)3/h5-11,13,15,19-20H,4,12,14H2,1-3H3. The first kappa shape index (κ1) is 15.7. The highest BCUT2D eigenvalue weighted by molar-refractivity contribution is 5.27. The van der Waals surface area contributed by atoms with Crippen LogP contribution in [0.15, 0.2) is 48.7 Å². The summed E-state index contributed by atoms with van der Waals surface area (Å²) in [6, 6.07) is 15.4. The SMILES string of the molecule is CCNC(Cc1ccccn1)c1cccc(CC(C)C)c1. The van der Waals surface area contributed by atoms with E-state index in [1.165, 1.54) is 11.1 Å². The van der Waals surface area contributed by atoms with E-state index < -0.39 is 0 Å². The third-order valence-corrected chi connectivity index (χ3v) is 3.59. The molecule has 1 N–H and O–H groups in total. The van der Waals surface area contributed by atoms with Crippen molar-refractivity contribution in [2.75, 3.05) is 6.54 Å². The molecule has 0 aliphatic carbocycles.